The van der Waals surface area contributed by atoms with Crippen LogP contribution in [0.5, 0.6) is 0 Å². The van der Waals surface area contributed by atoms with Crippen LogP contribution < -0.4 is 5.32 Å². The third-order valence-corrected chi connectivity index (χ3v) is 3.24. The van der Waals surface area contributed by atoms with Gasteiger partial charge in [-0.1, -0.05) is 24.3 Å². The van der Waals surface area contributed by atoms with Gasteiger partial charge >= 0.3 is 0 Å². The summed E-state index contributed by atoms with van der Waals surface area (Å²) in [5.41, 5.74) is 3.07. The van der Waals surface area contributed by atoms with E-state index in [9.17, 15) is 0 Å². The maximum atomic E-state index is 3.31. The second-order valence-corrected chi connectivity index (χ2v) is 4.30. The quantitative estimate of drug-likeness (QED) is 0.790. The molecule has 0 spiro atoms. The fourth-order valence-corrected chi connectivity index (χ4v) is 1.98. The molecule has 2 heteroatoms. The molecule has 1 saturated carbocycles. The van der Waals surface area contributed by atoms with E-state index in [4.69, 9.17) is 0 Å². The topological polar surface area (TPSA) is 12.0 Å². The summed E-state index contributed by atoms with van der Waals surface area (Å²) in [5, 5.41) is 3.31. The molecule has 0 radical (unpaired) electrons. The number of hydrogen-bond donors (Lipinski definition) is 1. The van der Waals surface area contributed by atoms with Gasteiger partial charge in [0.2, 0.25) is 0 Å². The van der Waals surface area contributed by atoms with Gasteiger partial charge in [0.1, 0.15) is 0 Å². The van der Waals surface area contributed by atoms with E-state index in [0.29, 0.717) is 0 Å². The summed E-state index contributed by atoms with van der Waals surface area (Å²) < 4.78 is 0. The van der Waals surface area contributed by atoms with Crippen molar-refractivity contribution in [2.45, 2.75) is 24.7 Å². The van der Waals surface area contributed by atoms with E-state index in [1.807, 2.05) is 0 Å². The molecule has 1 aromatic carbocycles. The van der Waals surface area contributed by atoms with Gasteiger partial charge in [-0.2, -0.15) is 0 Å². The van der Waals surface area contributed by atoms with Gasteiger partial charge in [-0.3, -0.25) is 0 Å². The predicted octanol–water partition coefficient (Wildman–Crippen LogP) is 2.67. The summed E-state index contributed by atoms with van der Waals surface area (Å²) in [4.78, 5) is 0. The zero-order valence-corrected chi connectivity index (χ0v) is 9.02. The average molecular weight is 210 g/mol. The molecule has 0 amide bonds. The van der Waals surface area contributed by atoms with Crippen LogP contribution >= 0.6 is 12.4 Å². The molecule has 1 heterocycles. The zero-order valence-electron chi connectivity index (χ0n) is 8.20. The van der Waals surface area contributed by atoms with Crippen molar-refractivity contribution in [1.82, 2.24) is 5.32 Å². The molecule has 0 aromatic heterocycles. The van der Waals surface area contributed by atoms with Crippen molar-refractivity contribution in [3.63, 3.8) is 0 Å². The van der Waals surface area contributed by atoms with Crippen LogP contribution in [0.4, 0.5) is 0 Å². The van der Waals surface area contributed by atoms with Crippen molar-refractivity contribution < 1.29 is 0 Å². The predicted molar refractivity (Wildman–Crippen MR) is 61.3 cm³/mol. The Balaban J connectivity index is 0.000000750. The summed E-state index contributed by atoms with van der Waals surface area (Å²) >= 11 is 0. The standard InChI is InChI=1S/C12H15N.ClH/c1-2-9(1)10-3-5-11(6-4-10)12-7-13-8-12;/h3-6,9,12-13H,1-2,7-8H2;1H. The maximum Gasteiger partial charge on any atom is 0.00885 e. The summed E-state index contributed by atoms with van der Waals surface area (Å²) in [7, 11) is 0. The molecule has 2 aliphatic rings. The van der Waals surface area contributed by atoms with Crippen LogP contribution in [0.2, 0.25) is 0 Å². The van der Waals surface area contributed by atoms with Crippen molar-refractivity contribution in [3.05, 3.63) is 35.4 Å². The van der Waals surface area contributed by atoms with Gasteiger partial charge in [0.25, 0.3) is 0 Å². The van der Waals surface area contributed by atoms with Crippen molar-refractivity contribution >= 4 is 12.4 Å². The lowest BCUT2D eigenvalue weighted by molar-refractivity contribution is 0.448. The van der Waals surface area contributed by atoms with Crippen LogP contribution in [0.3, 0.4) is 0 Å². The van der Waals surface area contributed by atoms with Gasteiger partial charge in [0, 0.05) is 19.0 Å². The lowest BCUT2D eigenvalue weighted by atomic mass is 9.92. The van der Waals surface area contributed by atoms with Crippen LogP contribution in [-0.4, -0.2) is 13.1 Å². The molecule has 1 saturated heterocycles. The Hall–Kier alpha value is -0.530. The lowest BCUT2D eigenvalue weighted by Gasteiger charge is -2.27. The van der Waals surface area contributed by atoms with Gasteiger partial charge in [-0.15, -0.1) is 12.4 Å². The number of nitrogens with one attached hydrogen (secondary N) is 1. The van der Waals surface area contributed by atoms with E-state index in [2.05, 4.69) is 29.6 Å². The van der Waals surface area contributed by atoms with Crippen LogP contribution in [0.15, 0.2) is 24.3 Å². The summed E-state index contributed by atoms with van der Waals surface area (Å²) in [5.74, 6) is 1.68. The third-order valence-electron chi connectivity index (χ3n) is 3.24. The van der Waals surface area contributed by atoms with Gasteiger partial charge in [-0.25, -0.2) is 0 Å². The molecular formula is C12H16ClN. The van der Waals surface area contributed by atoms with Crippen molar-refractivity contribution in [1.29, 1.82) is 0 Å². The fraction of sp³-hybridized carbons (Fsp3) is 0.500. The Morgan fingerprint density at radius 1 is 0.857 bits per heavy atom. The largest absolute Gasteiger partial charge is 0.315 e. The highest BCUT2D eigenvalue weighted by Crippen LogP contribution is 2.40. The van der Waals surface area contributed by atoms with Crippen molar-refractivity contribution in [2.24, 2.45) is 0 Å². The average Bonchev–Trinajstić information content (AvgIpc) is 2.85. The molecule has 0 unspecified atom stereocenters. The summed E-state index contributed by atoms with van der Waals surface area (Å²) in [6.07, 6.45) is 2.81. The molecular weight excluding hydrogens is 194 g/mol. The Morgan fingerprint density at radius 2 is 1.36 bits per heavy atom. The highest BCUT2D eigenvalue weighted by atomic mass is 35.5. The fourth-order valence-electron chi connectivity index (χ4n) is 1.98. The van der Waals surface area contributed by atoms with Crippen LogP contribution in [0.1, 0.15) is 35.8 Å². The molecule has 1 aliphatic carbocycles. The minimum absolute atomic E-state index is 0. The van der Waals surface area contributed by atoms with Crippen LogP contribution in [-0.2, 0) is 0 Å². The van der Waals surface area contributed by atoms with E-state index in [0.717, 1.165) is 11.8 Å². The minimum atomic E-state index is 0. The molecule has 2 fully saturated rings. The Kier molecular flexibility index (Phi) is 2.80. The van der Waals surface area contributed by atoms with Crippen molar-refractivity contribution in [3.8, 4) is 0 Å². The van der Waals surface area contributed by atoms with Gasteiger partial charge < -0.3 is 5.32 Å². The van der Waals surface area contributed by atoms with E-state index >= 15 is 0 Å². The minimum Gasteiger partial charge on any atom is -0.315 e. The first-order chi connectivity index (χ1) is 6.43. The van der Waals surface area contributed by atoms with Gasteiger partial charge in [0.15, 0.2) is 0 Å². The first-order valence-corrected chi connectivity index (χ1v) is 5.24. The lowest BCUT2D eigenvalue weighted by Crippen LogP contribution is -2.39. The number of rotatable bonds is 2. The third kappa shape index (κ3) is 1.79. The molecule has 0 atom stereocenters. The number of hydrogen-bond acceptors (Lipinski definition) is 1. The molecule has 14 heavy (non-hydrogen) atoms. The molecule has 3 rings (SSSR count). The second kappa shape index (κ2) is 3.92. The Labute approximate surface area is 91.3 Å². The van der Waals surface area contributed by atoms with Crippen LogP contribution in [0, 0.1) is 0 Å². The molecule has 0 bridgehead atoms. The molecule has 1 N–H and O–H groups in total. The molecule has 1 nitrogen and oxygen atoms in total. The maximum absolute atomic E-state index is 3.31. The van der Waals surface area contributed by atoms with E-state index < -0.39 is 0 Å². The SMILES string of the molecule is Cl.c1cc(C2CNC2)ccc1C1CC1. The van der Waals surface area contributed by atoms with Gasteiger partial charge in [-0.05, 0) is 29.9 Å². The number of benzene rings is 1. The highest BCUT2D eigenvalue weighted by molar-refractivity contribution is 5.85. The molecule has 1 aliphatic heterocycles. The highest BCUT2D eigenvalue weighted by Gasteiger charge is 2.24. The van der Waals surface area contributed by atoms with Crippen LogP contribution in [0.25, 0.3) is 0 Å². The Bertz CT molecular complexity index is 299. The number of halogens is 1. The second-order valence-electron chi connectivity index (χ2n) is 4.30. The molecule has 1 aromatic rings. The molecule has 76 valence electrons. The normalized spacial score (nSPS) is 21.1. The van der Waals surface area contributed by atoms with Crippen molar-refractivity contribution in [2.75, 3.05) is 13.1 Å². The zero-order chi connectivity index (χ0) is 8.67. The monoisotopic (exact) mass is 209 g/mol. The smallest absolute Gasteiger partial charge is 0.00885 e. The van der Waals surface area contributed by atoms with E-state index in [1.165, 1.54) is 31.5 Å². The Morgan fingerprint density at radius 3 is 1.71 bits per heavy atom. The van der Waals surface area contributed by atoms with E-state index in [-0.39, 0.29) is 12.4 Å². The first kappa shape index (κ1) is 10.0. The first-order valence-electron chi connectivity index (χ1n) is 5.24. The summed E-state index contributed by atoms with van der Waals surface area (Å²) in [6.45, 7) is 2.34. The van der Waals surface area contributed by atoms with Gasteiger partial charge in [0.05, 0.1) is 0 Å². The van der Waals surface area contributed by atoms with E-state index in [1.54, 1.807) is 5.56 Å². The summed E-state index contributed by atoms with van der Waals surface area (Å²) in [6, 6.07) is 9.29.